The zero-order valence-electron chi connectivity index (χ0n) is 3.26. The van der Waals surface area contributed by atoms with Crippen LogP contribution < -0.4 is 0 Å². The van der Waals surface area contributed by atoms with Crippen LogP contribution in [-0.2, 0) is 21.1 Å². The fourth-order valence-corrected chi connectivity index (χ4v) is 0. The van der Waals surface area contributed by atoms with Crippen molar-refractivity contribution in [3.8, 4) is 0 Å². The molecule has 0 aromatic heterocycles. The summed E-state index contributed by atoms with van der Waals surface area (Å²) < 4.78 is 0. The van der Waals surface area contributed by atoms with E-state index in [0.29, 0.717) is 0 Å². The molecule has 0 rings (SSSR count). The minimum atomic E-state index is 0. The standard InChI is InChI=1S/C2H6N.FH.W/c1-3-2;;/h1-2H3;1H;/q-1;;. The number of hydrogen-bond donors (Lipinski definition) is 0. The molecule has 0 bridgehead atoms. The van der Waals surface area contributed by atoms with E-state index in [1.54, 1.807) is 14.1 Å². The molecule has 0 fully saturated rings. The topological polar surface area (TPSA) is 14.1 Å². The summed E-state index contributed by atoms with van der Waals surface area (Å²) in [6, 6.07) is 0. The average Bonchev–Trinajstić information content (AvgIpc) is 0.918. The van der Waals surface area contributed by atoms with Crippen molar-refractivity contribution < 1.29 is 25.8 Å². The van der Waals surface area contributed by atoms with Gasteiger partial charge in [0.2, 0.25) is 0 Å². The van der Waals surface area contributed by atoms with Gasteiger partial charge in [-0.05, 0) is 0 Å². The molecular weight excluding hydrogens is 241 g/mol. The van der Waals surface area contributed by atoms with E-state index in [1.165, 1.54) is 0 Å². The van der Waals surface area contributed by atoms with E-state index in [4.69, 9.17) is 0 Å². The number of halogens is 1. The summed E-state index contributed by atoms with van der Waals surface area (Å²) in [5.41, 5.74) is 0. The molecule has 3 heteroatoms. The van der Waals surface area contributed by atoms with E-state index in [-0.39, 0.29) is 25.8 Å². The Balaban J connectivity index is -0.0000000200. The quantitative estimate of drug-likeness (QED) is 0.601. The first-order valence-electron chi connectivity index (χ1n) is 0.894. The van der Waals surface area contributed by atoms with Gasteiger partial charge in [-0.1, -0.05) is 0 Å². The smallest absolute Gasteiger partial charge is 0 e. The van der Waals surface area contributed by atoms with Gasteiger partial charge in [-0.15, -0.1) is 0 Å². The molecule has 0 heterocycles. The fourth-order valence-electron chi connectivity index (χ4n) is 0. The van der Waals surface area contributed by atoms with Crippen LogP contribution in [0.1, 0.15) is 0 Å². The van der Waals surface area contributed by atoms with Gasteiger partial charge >= 0.3 is 0 Å². The molecular formula is C2H7FNW-. The predicted molar refractivity (Wildman–Crippen MR) is 17.7 cm³/mol. The van der Waals surface area contributed by atoms with Crippen molar-refractivity contribution in [3.05, 3.63) is 5.32 Å². The molecule has 1 nitrogen and oxygen atoms in total. The van der Waals surface area contributed by atoms with E-state index in [9.17, 15) is 0 Å². The summed E-state index contributed by atoms with van der Waals surface area (Å²) in [5.74, 6) is 0. The maximum Gasteiger partial charge on any atom is 0 e. The molecule has 0 aliphatic carbocycles. The minimum Gasteiger partial charge on any atom is -0.668 e. The molecule has 0 aromatic rings. The molecule has 0 saturated heterocycles. The van der Waals surface area contributed by atoms with E-state index in [2.05, 4.69) is 5.32 Å². The normalized spacial score (nSPS) is 3.60. The maximum absolute atomic E-state index is 3.50. The Morgan fingerprint density at radius 2 is 1.20 bits per heavy atom. The third-order valence-electron chi connectivity index (χ3n) is 0. The fraction of sp³-hybridized carbons (Fsp3) is 1.00. The van der Waals surface area contributed by atoms with Gasteiger partial charge in [-0.2, -0.15) is 14.1 Å². The van der Waals surface area contributed by atoms with Gasteiger partial charge in [0.15, 0.2) is 0 Å². The van der Waals surface area contributed by atoms with Crippen molar-refractivity contribution in [1.29, 1.82) is 0 Å². The molecule has 0 aliphatic heterocycles. The summed E-state index contributed by atoms with van der Waals surface area (Å²) in [5, 5.41) is 3.50. The molecule has 0 aliphatic rings. The largest absolute Gasteiger partial charge is 0.668 e. The summed E-state index contributed by atoms with van der Waals surface area (Å²) in [4.78, 5) is 0. The molecule has 5 heavy (non-hydrogen) atoms. The number of nitrogens with zero attached hydrogens (tertiary/aromatic N) is 1. The zero-order valence-corrected chi connectivity index (χ0v) is 6.20. The van der Waals surface area contributed by atoms with Crippen LogP contribution in [-0.4, -0.2) is 14.1 Å². The Hall–Kier alpha value is 0.578. The van der Waals surface area contributed by atoms with Crippen LogP contribution in [0.15, 0.2) is 0 Å². The van der Waals surface area contributed by atoms with E-state index < -0.39 is 0 Å². The third kappa shape index (κ3) is 91.0. The SMILES string of the molecule is C[N-]C.F.[W]. The molecule has 0 unspecified atom stereocenters. The van der Waals surface area contributed by atoms with Gasteiger partial charge in [0, 0.05) is 21.1 Å². The van der Waals surface area contributed by atoms with Gasteiger partial charge in [0.05, 0.1) is 0 Å². The minimum absolute atomic E-state index is 0. The van der Waals surface area contributed by atoms with Gasteiger partial charge in [0.1, 0.15) is 0 Å². The Kier molecular flexibility index (Phi) is 82.8. The van der Waals surface area contributed by atoms with E-state index >= 15 is 0 Å². The van der Waals surface area contributed by atoms with Crippen LogP contribution in [0.3, 0.4) is 0 Å². The Morgan fingerprint density at radius 1 is 1.20 bits per heavy atom. The van der Waals surface area contributed by atoms with Gasteiger partial charge < -0.3 is 5.32 Å². The van der Waals surface area contributed by atoms with Crippen LogP contribution >= 0.6 is 0 Å². The summed E-state index contributed by atoms with van der Waals surface area (Å²) in [7, 11) is 3.50. The first-order chi connectivity index (χ1) is 1.41. The van der Waals surface area contributed by atoms with Crippen molar-refractivity contribution in [1.82, 2.24) is 0 Å². The summed E-state index contributed by atoms with van der Waals surface area (Å²) in [6.45, 7) is 0. The summed E-state index contributed by atoms with van der Waals surface area (Å²) >= 11 is 0. The van der Waals surface area contributed by atoms with Crippen LogP contribution in [0.2, 0.25) is 0 Å². The molecule has 0 N–H and O–H groups in total. The van der Waals surface area contributed by atoms with Crippen LogP contribution in [0, 0.1) is 0 Å². The molecule has 0 spiro atoms. The third-order valence-corrected chi connectivity index (χ3v) is 0. The molecule has 0 radical (unpaired) electrons. The van der Waals surface area contributed by atoms with Gasteiger partial charge in [-0.3, -0.25) is 4.70 Å². The number of rotatable bonds is 0. The molecule has 0 aromatic carbocycles. The molecule has 34 valence electrons. The van der Waals surface area contributed by atoms with Crippen molar-refractivity contribution >= 4 is 0 Å². The van der Waals surface area contributed by atoms with Crippen LogP contribution in [0.25, 0.3) is 5.32 Å². The maximum atomic E-state index is 3.50. The molecule has 0 saturated carbocycles. The first-order valence-corrected chi connectivity index (χ1v) is 0.894. The van der Waals surface area contributed by atoms with Crippen molar-refractivity contribution in [2.75, 3.05) is 14.1 Å². The second-order valence-corrected chi connectivity index (χ2v) is 0.447. The Labute approximate surface area is 45.8 Å². The summed E-state index contributed by atoms with van der Waals surface area (Å²) in [6.07, 6.45) is 0. The zero-order chi connectivity index (χ0) is 2.71. The van der Waals surface area contributed by atoms with E-state index in [1.807, 2.05) is 0 Å². The van der Waals surface area contributed by atoms with Gasteiger partial charge in [0.25, 0.3) is 0 Å². The van der Waals surface area contributed by atoms with Crippen LogP contribution in [0.5, 0.6) is 0 Å². The van der Waals surface area contributed by atoms with Crippen molar-refractivity contribution in [2.45, 2.75) is 0 Å². The second-order valence-electron chi connectivity index (χ2n) is 0.447. The van der Waals surface area contributed by atoms with Crippen LogP contribution in [0.4, 0.5) is 4.70 Å². The molecule has 0 amide bonds. The van der Waals surface area contributed by atoms with Gasteiger partial charge in [-0.25, -0.2) is 0 Å². The van der Waals surface area contributed by atoms with Crippen molar-refractivity contribution in [3.63, 3.8) is 0 Å². The number of hydrogen-bond acceptors (Lipinski definition) is 0. The first kappa shape index (κ1) is 17.6. The predicted octanol–water partition coefficient (Wildman–Crippen LogP) is 0.770. The second kappa shape index (κ2) is 23.5. The van der Waals surface area contributed by atoms with E-state index in [0.717, 1.165) is 0 Å². The Bertz CT molecular complexity index is 9.61. The van der Waals surface area contributed by atoms with Crippen molar-refractivity contribution in [2.24, 2.45) is 0 Å². The average molecular weight is 248 g/mol. The molecule has 0 atom stereocenters. The monoisotopic (exact) mass is 248 g/mol. The Morgan fingerprint density at radius 3 is 1.20 bits per heavy atom.